The maximum atomic E-state index is 9.60. The normalized spacial score (nSPS) is 12.8. The van der Waals surface area contributed by atoms with E-state index in [0.717, 1.165) is 6.42 Å². The fourth-order valence-corrected chi connectivity index (χ4v) is 1.53. The maximum absolute atomic E-state index is 9.60. The summed E-state index contributed by atoms with van der Waals surface area (Å²) in [5.74, 6) is 0.617. The molecule has 2 nitrogen and oxygen atoms in total. The average molecular weight is 240 g/mol. The molecule has 0 aromatic rings. The zero-order valence-electron chi connectivity index (χ0n) is 12.0. The lowest BCUT2D eigenvalue weighted by molar-refractivity contribution is -0.137. The Labute approximate surface area is 106 Å². The minimum atomic E-state index is -0.711. The minimum Gasteiger partial charge on any atom is -0.481 e. The zero-order chi connectivity index (χ0) is 13.8. The Bertz CT molecular complexity index is 237. The summed E-state index contributed by atoms with van der Waals surface area (Å²) in [6.45, 7) is 14.4. The van der Waals surface area contributed by atoms with Crippen molar-refractivity contribution < 1.29 is 9.90 Å². The summed E-state index contributed by atoms with van der Waals surface area (Å²) in [7, 11) is 0. The van der Waals surface area contributed by atoms with E-state index in [4.69, 9.17) is 5.11 Å². The van der Waals surface area contributed by atoms with Gasteiger partial charge >= 0.3 is 5.97 Å². The lowest BCUT2D eigenvalue weighted by Crippen LogP contribution is -1.97. The Hall–Kier alpha value is -1.05. The average Bonchev–Trinajstić information content (AvgIpc) is 2.16. The van der Waals surface area contributed by atoms with Gasteiger partial charge in [-0.25, -0.2) is 0 Å². The van der Waals surface area contributed by atoms with E-state index in [1.165, 1.54) is 12.0 Å². The van der Waals surface area contributed by atoms with Crippen molar-refractivity contribution in [3.8, 4) is 0 Å². The van der Waals surface area contributed by atoms with E-state index in [-0.39, 0.29) is 0 Å². The van der Waals surface area contributed by atoms with Crippen LogP contribution in [0.5, 0.6) is 0 Å². The van der Waals surface area contributed by atoms with Crippen LogP contribution in [0.4, 0.5) is 0 Å². The molecule has 0 spiro atoms. The van der Waals surface area contributed by atoms with E-state index in [2.05, 4.69) is 40.3 Å². The fourth-order valence-electron chi connectivity index (χ4n) is 1.53. The van der Waals surface area contributed by atoms with Crippen LogP contribution in [0.3, 0.4) is 0 Å². The van der Waals surface area contributed by atoms with Crippen LogP contribution in [0.1, 0.15) is 53.9 Å². The van der Waals surface area contributed by atoms with E-state index >= 15 is 0 Å². The van der Waals surface area contributed by atoms with Gasteiger partial charge in [-0.1, -0.05) is 38.5 Å². The molecular formula is C15H28O2. The minimum absolute atomic E-state index is 0.292. The molecule has 0 heterocycles. The molecule has 0 saturated carbocycles. The number of carboxylic acid groups (broad SMARTS) is 1. The summed E-state index contributed by atoms with van der Waals surface area (Å²) < 4.78 is 0. The van der Waals surface area contributed by atoms with Gasteiger partial charge in [0, 0.05) is 6.42 Å². The number of hydrogen-bond donors (Lipinski definition) is 1. The van der Waals surface area contributed by atoms with Gasteiger partial charge in [-0.05, 0) is 38.5 Å². The predicted molar refractivity (Wildman–Crippen MR) is 75.1 cm³/mol. The largest absolute Gasteiger partial charge is 0.481 e. The summed E-state index contributed by atoms with van der Waals surface area (Å²) in [4.78, 5) is 9.60. The number of aliphatic carboxylic acids is 1. The van der Waals surface area contributed by atoms with Crippen molar-refractivity contribution in [3.05, 3.63) is 24.3 Å². The van der Waals surface area contributed by atoms with Crippen LogP contribution in [0.2, 0.25) is 0 Å². The molecule has 2 unspecified atom stereocenters. The van der Waals surface area contributed by atoms with Crippen LogP contribution in [0, 0.1) is 11.8 Å². The number of allylic oxidation sites excluding steroid dienone is 3. The summed E-state index contributed by atoms with van der Waals surface area (Å²) >= 11 is 0. The van der Waals surface area contributed by atoms with Crippen LogP contribution in [0.25, 0.3) is 0 Å². The van der Waals surface area contributed by atoms with Crippen molar-refractivity contribution in [2.45, 2.75) is 53.9 Å². The fraction of sp³-hybridized carbons (Fsp3) is 0.667. The third kappa shape index (κ3) is 17.6. The van der Waals surface area contributed by atoms with Gasteiger partial charge in [0.2, 0.25) is 0 Å². The van der Waals surface area contributed by atoms with Crippen molar-refractivity contribution in [1.82, 2.24) is 0 Å². The zero-order valence-corrected chi connectivity index (χ0v) is 12.0. The summed E-state index contributed by atoms with van der Waals surface area (Å²) in [6.07, 6.45) is 6.58. The first kappa shape index (κ1) is 18.3. The van der Waals surface area contributed by atoms with E-state index < -0.39 is 5.97 Å². The first-order chi connectivity index (χ1) is 7.83. The molecule has 17 heavy (non-hydrogen) atoms. The standard InChI is InChI=1S/C11H20.C4H8O2/c1-6-10(4)8-11(5)7-9(2)3;1-2-3-4(5)6/h6-7,10-11H,1,8H2,2-5H3;2-3H2,1H3,(H,5,6). The van der Waals surface area contributed by atoms with Crippen molar-refractivity contribution in [2.75, 3.05) is 0 Å². The highest BCUT2D eigenvalue weighted by Crippen LogP contribution is 2.14. The van der Waals surface area contributed by atoms with Crippen molar-refractivity contribution in [2.24, 2.45) is 11.8 Å². The van der Waals surface area contributed by atoms with Crippen molar-refractivity contribution in [3.63, 3.8) is 0 Å². The van der Waals surface area contributed by atoms with Crippen LogP contribution < -0.4 is 0 Å². The maximum Gasteiger partial charge on any atom is 0.303 e. The van der Waals surface area contributed by atoms with Crippen LogP contribution >= 0.6 is 0 Å². The molecule has 0 bridgehead atoms. The molecule has 0 aromatic heterocycles. The molecule has 100 valence electrons. The van der Waals surface area contributed by atoms with Gasteiger partial charge in [-0.15, -0.1) is 6.58 Å². The molecule has 0 amide bonds. The third-order valence-electron chi connectivity index (χ3n) is 2.23. The molecule has 0 saturated heterocycles. The number of rotatable bonds is 6. The van der Waals surface area contributed by atoms with Gasteiger partial charge in [-0.2, -0.15) is 0 Å². The summed E-state index contributed by atoms with van der Waals surface area (Å²) in [5, 5.41) is 7.91. The lowest BCUT2D eigenvalue weighted by Gasteiger charge is -2.10. The smallest absolute Gasteiger partial charge is 0.303 e. The molecule has 0 fully saturated rings. The lowest BCUT2D eigenvalue weighted by atomic mass is 9.96. The molecule has 0 radical (unpaired) electrons. The van der Waals surface area contributed by atoms with Crippen LogP contribution in [-0.4, -0.2) is 11.1 Å². The molecular weight excluding hydrogens is 212 g/mol. The molecule has 0 aliphatic rings. The second kappa shape index (κ2) is 11.4. The first-order valence-corrected chi connectivity index (χ1v) is 6.32. The SMILES string of the molecule is C=CC(C)CC(C)C=C(C)C.CCCC(=O)O. The molecule has 2 heteroatoms. The Morgan fingerprint density at radius 2 is 1.82 bits per heavy atom. The van der Waals surface area contributed by atoms with E-state index in [0.29, 0.717) is 18.3 Å². The van der Waals surface area contributed by atoms with Gasteiger partial charge < -0.3 is 5.11 Å². The molecule has 1 N–H and O–H groups in total. The molecule has 0 aliphatic carbocycles. The monoisotopic (exact) mass is 240 g/mol. The molecule has 0 rings (SSSR count). The third-order valence-corrected chi connectivity index (χ3v) is 2.23. The van der Waals surface area contributed by atoms with Gasteiger partial charge in [0.05, 0.1) is 0 Å². The van der Waals surface area contributed by atoms with Crippen molar-refractivity contribution in [1.29, 1.82) is 0 Å². The second-order valence-corrected chi connectivity index (χ2v) is 4.81. The topological polar surface area (TPSA) is 37.3 Å². The van der Waals surface area contributed by atoms with Gasteiger partial charge in [0.25, 0.3) is 0 Å². The highest BCUT2D eigenvalue weighted by atomic mass is 16.4. The quantitative estimate of drug-likeness (QED) is 0.685. The van der Waals surface area contributed by atoms with E-state index in [1.54, 1.807) is 0 Å². The predicted octanol–water partition coefficient (Wildman–Crippen LogP) is 4.67. The van der Waals surface area contributed by atoms with Gasteiger partial charge in [0.15, 0.2) is 0 Å². The number of carbonyl (C=O) groups is 1. The van der Waals surface area contributed by atoms with Crippen LogP contribution in [0.15, 0.2) is 24.3 Å². The van der Waals surface area contributed by atoms with Crippen LogP contribution in [-0.2, 0) is 4.79 Å². The second-order valence-electron chi connectivity index (χ2n) is 4.81. The summed E-state index contributed by atoms with van der Waals surface area (Å²) in [5.41, 5.74) is 1.41. The van der Waals surface area contributed by atoms with Gasteiger partial charge in [0.1, 0.15) is 0 Å². The highest BCUT2D eigenvalue weighted by Gasteiger charge is 2.01. The van der Waals surface area contributed by atoms with E-state index in [1.807, 2.05) is 13.0 Å². The number of carboxylic acids is 1. The highest BCUT2D eigenvalue weighted by molar-refractivity contribution is 5.66. The van der Waals surface area contributed by atoms with E-state index in [9.17, 15) is 4.79 Å². The molecule has 2 atom stereocenters. The molecule has 0 aliphatic heterocycles. The summed E-state index contributed by atoms with van der Waals surface area (Å²) in [6, 6.07) is 0. The van der Waals surface area contributed by atoms with Gasteiger partial charge in [-0.3, -0.25) is 4.79 Å². The Morgan fingerprint density at radius 3 is 2.06 bits per heavy atom. The molecule has 0 aromatic carbocycles. The first-order valence-electron chi connectivity index (χ1n) is 6.32. The number of hydrogen-bond acceptors (Lipinski definition) is 1. The Morgan fingerprint density at radius 1 is 1.29 bits per heavy atom. The van der Waals surface area contributed by atoms with Crippen molar-refractivity contribution >= 4 is 5.97 Å². The Balaban J connectivity index is 0. The Kier molecular flexibility index (Phi) is 12.3.